The molecular weight excluding hydrogens is 355 g/mol. The Morgan fingerprint density at radius 2 is 2.26 bits per heavy atom. The van der Waals surface area contributed by atoms with Gasteiger partial charge in [0.2, 0.25) is 0 Å². The SMILES string of the molecule is Cc1ncc(I)c(=O)n1CC1COc2ccccc21. The molecule has 1 aliphatic rings. The molecule has 2 heterocycles. The molecule has 0 spiro atoms. The van der Waals surface area contributed by atoms with Crippen LogP contribution in [0.15, 0.2) is 35.3 Å². The van der Waals surface area contributed by atoms with Crippen molar-refractivity contribution in [1.82, 2.24) is 9.55 Å². The first-order valence-corrected chi connectivity index (χ1v) is 7.18. The Labute approximate surface area is 124 Å². The summed E-state index contributed by atoms with van der Waals surface area (Å²) >= 11 is 2.03. The second-order valence-corrected chi connectivity index (χ2v) is 5.78. The van der Waals surface area contributed by atoms with Gasteiger partial charge in [0.05, 0.1) is 10.2 Å². The van der Waals surface area contributed by atoms with Crippen LogP contribution in [-0.4, -0.2) is 16.2 Å². The van der Waals surface area contributed by atoms with Gasteiger partial charge >= 0.3 is 0 Å². The zero-order valence-corrected chi connectivity index (χ0v) is 12.6. The second-order valence-electron chi connectivity index (χ2n) is 4.61. The zero-order valence-electron chi connectivity index (χ0n) is 10.5. The number of ether oxygens (including phenoxy) is 1. The highest BCUT2D eigenvalue weighted by Gasteiger charge is 2.25. The normalized spacial score (nSPS) is 17.1. The van der Waals surface area contributed by atoms with Crippen LogP contribution >= 0.6 is 22.6 Å². The molecular formula is C14H13IN2O2. The second kappa shape index (κ2) is 4.96. The number of aryl methyl sites for hydroxylation is 1. The molecule has 1 aromatic heterocycles. The molecule has 0 saturated heterocycles. The third kappa shape index (κ3) is 2.27. The lowest BCUT2D eigenvalue weighted by molar-refractivity contribution is 0.316. The van der Waals surface area contributed by atoms with Gasteiger partial charge in [-0.3, -0.25) is 9.36 Å². The summed E-state index contributed by atoms with van der Waals surface area (Å²) in [5, 5.41) is 0. The summed E-state index contributed by atoms with van der Waals surface area (Å²) in [7, 11) is 0. The molecule has 2 aromatic rings. The van der Waals surface area contributed by atoms with Crippen molar-refractivity contribution in [2.24, 2.45) is 0 Å². The molecule has 1 aromatic carbocycles. The number of hydrogen-bond acceptors (Lipinski definition) is 3. The van der Waals surface area contributed by atoms with E-state index in [1.54, 1.807) is 10.8 Å². The van der Waals surface area contributed by atoms with E-state index in [-0.39, 0.29) is 11.5 Å². The molecule has 19 heavy (non-hydrogen) atoms. The van der Waals surface area contributed by atoms with E-state index in [0.717, 1.165) is 11.6 Å². The number of hydrogen-bond donors (Lipinski definition) is 0. The van der Waals surface area contributed by atoms with Crippen molar-refractivity contribution in [2.45, 2.75) is 19.4 Å². The Hall–Kier alpha value is -1.37. The van der Waals surface area contributed by atoms with E-state index in [0.29, 0.717) is 16.7 Å². The first-order chi connectivity index (χ1) is 9.16. The van der Waals surface area contributed by atoms with E-state index < -0.39 is 0 Å². The minimum Gasteiger partial charge on any atom is -0.493 e. The maximum Gasteiger partial charge on any atom is 0.266 e. The highest BCUT2D eigenvalue weighted by atomic mass is 127. The largest absolute Gasteiger partial charge is 0.493 e. The highest BCUT2D eigenvalue weighted by Crippen LogP contribution is 2.34. The molecule has 0 amide bonds. The average Bonchev–Trinajstić information content (AvgIpc) is 2.83. The van der Waals surface area contributed by atoms with Gasteiger partial charge in [-0.1, -0.05) is 18.2 Å². The molecule has 1 aliphatic heterocycles. The van der Waals surface area contributed by atoms with Crippen molar-refractivity contribution in [1.29, 1.82) is 0 Å². The molecule has 0 aliphatic carbocycles. The number of para-hydroxylation sites is 1. The van der Waals surface area contributed by atoms with Crippen LogP contribution in [-0.2, 0) is 6.54 Å². The average molecular weight is 368 g/mol. The number of nitrogens with zero attached hydrogens (tertiary/aromatic N) is 2. The number of halogens is 1. The minimum atomic E-state index is 0.0254. The Balaban J connectivity index is 1.96. The predicted molar refractivity (Wildman–Crippen MR) is 80.6 cm³/mol. The number of rotatable bonds is 2. The molecule has 0 radical (unpaired) electrons. The van der Waals surface area contributed by atoms with Gasteiger partial charge in [0.15, 0.2) is 0 Å². The van der Waals surface area contributed by atoms with E-state index >= 15 is 0 Å². The van der Waals surface area contributed by atoms with Crippen LogP contribution in [0.25, 0.3) is 0 Å². The van der Waals surface area contributed by atoms with E-state index in [1.807, 2.05) is 47.7 Å². The summed E-state index contributed by atoms with van der Waals surface area (Å²) in [5.41, 5.74) is 1.20. The smallest absolute Gasteiger partial charge is 0.266 e. The van der Waals surface area contributed by atoms with Crippen molar-refractivity contribution in [3.8, 4) is 5.75 Å². The zero-order chi connectivity index (χ0) is 13.4. The quantitative estimate of drug-likeness (QED) is 0.765. The van der Waals surface area contributed by atoms with Gasteiger partial charge in [0.25, 0.3) is 5.56 Å². The van der Waals surface area contributed by atoms with Crippen LogP contribution in [0.4, 0.5) is 0 Å². The van der Waals surface area contributed by atoms with Gasteiger partial charge < -0.3 is 4.74 Å². The Morgan fingerprint density at radius 1 is 1.47 bits per heavy atom. The van der Waals surface area contributed by atoms with Crippen LogP contribution in [0.2, 0.25) is 0 Å². The fourth-order valence-electron chi connectivity index (χ4n) is 2.37. The number of aromatic nitrogens is 2. The van der Waals surface area contributed by atoms with Crippen LogP contribution < -0.4 is 10.3 Å². The van der Waals surface area contributed by atoms with E-state index in [9.17, 15) is 4.79 Å². The van der Waals surface area contributed by atoms with Crippen LogP contribution in [0, 0.1) is 10.5 Å². The van der Waals surface area contributed by atoms with Crippen LogP contribution in [0.3, 0.4) is 0 Å². The number of benzene rings is 1. The lowest BCUT2D eigenvalue weighted by atomic mass is 10.0. The summed E-state index contributed by atoms with van der Waals surface area (Å²) in [6.07, 6.45) is 1.62. The summed E-state index contributed by atoms with van der Waals surface area (Å²) in [5.74, 6) is 1.89. The summed E-state index contributed by atoms with van der Waals surface area (Å²) in [6.45, 7) is 3.10. The van der Waals surface area contributed by atoms with Gasteiger partial charge in [0.1, 0.15) is 11.6 Å². The van der Waals surface area contributed by atoms with E-state index in [4.69, 9.17) is 4.74 Å². The molecule has 0 saturated carbocycles. The third-order valence-corrected chi connectivity index (χ3v) is 4.15. The van der Waals surface area contributed by atoms with Gasteiger partial charge in [-0.05, 0) is 35.6 Å². The minimum absolute atomic E-state index is 0.0254. The fourth-order valence-corrected chi connectivity index (χ4v) is 2.80. The van der Waals surface area contributed by atoms with E-state index in [2.05, 4.69) is 11.1 Å². The molecule has 4 nitrogen and oxygen atoms in total. The lowest BCUT2D eigenvalue weighted by Gasteiger charge is -2.13. The van der Waals surface area contributed by atoms with Crippen LogP contribution in [0.1, 0.15) is 17.3 Å². The van der Waals surface area contributed by atoms with Crippen molar-refractivity contribution >= 4 is 22.6 Å². The van der Waals surface area contributed by atoms with Crippen molar-refractivity contribution in [2.75, 3.05) is 6.61 Å². The first kappa shape index (κ1) is 12.7. The Kier molecular flexibility index (Phi) is 3.30. The van der Waals surface area contributed by atoms with Crippen molar-refractivity contribution in [3.63, 3.8) is 0 Å². The van der Waals surface area contributed by atoms with Gasteiger partial charge in [0, 0.05) is 24.2 Å². The Morgan fingerprint density at radius 3 is 3.11 bits per heavy atom. The maximum absolute atomic E-state index is 12.2. The molecule has 1 unspecified atom stereocenters. The number of fused-ring (bicyclic) bond motifs is 1. The molecule has 1 atom stereocenters. The third-order valence-electron chi connectivity index (χ3n) is 3.41. The molecule has 98 valence electrons. The standard InChI is InChI=1S/C14H13IN2O2/c1-9-16-6-12(15)14(18)17(9)7-10-8-19-13-5-3-2-4-11(10)13/h2-6,10H,7-8H2,1H3. The summed E-state index contributed by atoms with van der Waals surface area (Å²) in [6, 6.07) is 8.00. The molecule has 0 fully saturated rings. The molecule has 5 heteroatoms. The monoisotopic (exact) mass is 368 g/mol. The summed E-state index contributed by atoms with van der Waals surface area (Å²) in [4.78, 5) is 16.4. The van der Waals surface area contributed by atoms with E-state index in [1.165, 1.54) is 5.56 Å². The van der Waals surface area contributed by atoms with Crippen molar-refractivity contribution in [3.05, 3.63) is 55.8 Å². The molecule has 3 rings (SSSR count). The fraction of sp³-hybridized carbons (Fsp3) is 0.286. The highest BCUT2D eigenvalue weighted by molar-refractivity contribution is 14.1. The first-order valence-electron chi connectivity index (χ1n) is 6.10. The maximum atomic E-state index is 12.2. The van der Waals surface area contributed by atoms with Gasteiger partial charge in [-0.2, -0.15) is 0 Å². The Bertz CT molecular complexity index is 681. The van der Waals surface area contributed by atoms with Crippen molar-refractivity contribution < 1.29 is 4.74 Å². The lowest BCUT2D eigenvalue weighted by Crippen LogP contribution is -2.28. The topological polar surface area (TPSA) is 44.1 Å². The molecule has 0 bridgehead atoms. The predicted octanol–water partition coefficient (Wildman–Crippen LogP) is 2.33. The summed E-state index contributed by atoms with van der Waals surface area (Å²) < 4.78 is 8.04. The van der Waals surface area contributed by atoms with Gasteiger partial charge in [-0.25, -0.2) is 4.98 Å². The van der Waals surface area contributed by atoms with Gasteiger partial charge in [-0.15, -0.1) is 0 Å². The van der Waals surface area contributed by atoms with Crippen LogP contribution in [0.5, 0.6) is 5.75 Å². The molecule has 0 N–H and O–H groups in total.